The average Bonchev–Trinajstić information content (AvgIpc) is 3.18. The minimum Gasteiger partial charge on any atom is -0.330 e. The van der Waals surface area contributed by atoms with E-state index in [0.717, 1.165) is 17.7 Å². The molecule has 5 nitrogen and oxygen atoms in total. The molecular weight excluding hydrogens is 310 g/mol. The topological polar surface area (TPSA) is 52.7 Å². The van der Waals surface area contributed by atoms with E-state index >= 15 is 0 Å². The Balaban J connectivity index is 2.04. The molecule has 1 aromatic rings. The summed E-state index contributed by atoms with van der Waals surface area (Å²) in [4.78, 5) is 29.0. The molecule has 23 heavy (non-hydrogen) atoms. The maximum Gasteiger partial charge on any atom is 0.322 e. The largest absolute Gasteiger partial charge is 0.330 e. The van der Waals surface area contributed by atoms with Gasteiger partial charge in [-0.3, -0.25) is 9.69 Å². The van der Waals surface area contributed by atoms with Crippen LogP contribution in [0.2, 0.25) is 0 Å². The first-order chi connectivity index (χ1) is 11.1. The normalized spacial score (nSPS) is 22.3. The summed E-state index contributed by atoms with van der Waals surface area (Å²) in [6.07, 6.45) is 2.57. The molecular formula is C17H21N3O2S. The third-order valence-electron chi connectivity index (χ3n) is 4.56. The summed E-state index contributed by atoms with van der Waals surface area (Å²) in [5.74, 6) is 0.0274. The number of carbonyl (C=O) groups is 2. The highest BCUT2D eigenvalue weighted by atomic mass is 32.1. The second-order valence-corrected chi connectivity index (χ2v) is 6.67. The molecule has 2 atom stereocenters. The lowest BCUT2D eigenvalue weighted by Crippen LogP contribution is -2.47. The fraction of sp³-hybridized carbons (Fsp3) is 0.412. The van der Waals surface area contributed by atoms with Gasteiger partial charge in [0.1, 0.15) is 0 Å². The Hall–Kier alpha value is -2.08. The fourth-order valence-electron chi connectivity index (χ4n) is 3.10. The zero-order chi connectivity index (χ0) is 16.6. The second-order valence-electron chi connectivity index (χ2n) is 5.89. The third kappa shape index (κ3) is 2.57. The first kappa shape index (κ1) is 15.8. The summed E-state index contributed by atoms with van der Waals surface area (Å²) in [5, 5.41) is 6.92. The number of carbonyl (C=O) groups excluding carboxylic acids is 2. The van der Waals surface area contributed by atoms with Crippen molar-refractivity contribution in [2.75, 3.05) is 13.1 Å². The molecule has 0 fully saturated rings. The zero-order valence-corrected chi connectivity index (χ0v) is 14.2. The van der Waals surface area contributed by atoms with Crippen molar-refractivity contribution < 1.29 is 9.59 Å². The van der Waals surface area contributed by atoms with E-state index in [1.54, 1.807) is 22.3 Å². The molecule has 3 rings (SSSR count). The van der Waals surface area contributed by atoms with Crippen LogP contribution in [0.15, 0.2) is 40.8 Å². The first-order valence-corrected chi connectivity index (χ1v) is 8.77. The predicted octanol–water partition coefficient (Wildman–Crippen LogP) is 2.90. The molecule has 0 radical (unpaired) electrons. The lowest BCUT2D eigenvalue weighted by atomic mass is 9.98. The minimum atomic E-state index is -0.355. The molecule has 1 aromatic heterocycles. The molecule has 0 saturated carbocycles. The summed E-state index contributed by atoms with van der Waals surface area (Å²) in [7, 11) is 0. The Morgan fingerprint density at radius 3 is 2.91 bits per heavy atom. The maximum atomic E-state index is 13.0. The maximum absolute atomic E-state index is 13.0. The third-order valence-corrected chi connectivity index (χ3v) is 5.26. The lowest BCUT2D eigenvalue weighted by molar-refractivity contribution is -0.127. The number of nitrogens with zero attached hydrogens (tertiary/aromatic N) is 2. The lowest BCUT2D eigenvalue weighted by Gasteiger charge is -2.32. The second kappa shape index (κ2) is 6.20. The van der Waals surface area contributed by atoms with Crippen LogP contribution in [0.1, 0.15) is 31.9 Å². The van der Waals surface area contributed by atoms with E-state index in [4.69, 9.17) is 0 Å². The molecule has 0 spiro atoms. The van der Waals surface area contributed by atoms with Crippen LogP contribution in [0.5, 0.6) is 0 Å². The van der Waals surface area contributed by atoms with E-state index in [1.807, 2.05) is 28.7 Å². The molecule has 0 aliphatic carbocycles. The van der Waals surface area contributed by atoms with Gasteiger partial charge in [-0.1, -0.05) is 13.0 Å². The summed E-state index contributed by atoms with van der Waals surface area (Å²) in [6.45, 7) is 8.73. The van der Waals surface area contributed by atoms with Gasteiger partial charge in [0.05, 0.1) is 23.9 Å². The van der Waals surface area contributed by atoms with Crippen molar-refractivity contribution >= 4 is 23.3 Å². The van der Waals surface area contributed by atoms with Gasteiger partial charge >= 0.3 is 6.03 Å². The van der Waals surface area contributed by atoms with Gasteiger partial charge in [-0.15, -0.1) is 6.58 Å². The minimum absolute atomic E-state index is 0.0274. The number of hydrogen-bond donors (Lipinski definition) is 1. The van der Waals surface area contributed by atoms with Gasteiger partial charge in [-0.25, -0.2) is 4.79 Å². The van der Waals surface area contributed by atoms with Gasteiger partial charge < -0.3 is 10.2 Å². The van der Waals surface area contributed by atoms with Gasteiger partial charge in [0, 0.05) is 12.6 Å². The molecule has 0 saturated heterocycles. The van der Waals surface area contributed by atoms with E-state index in [2.05, 4.69) is 18.8 Å². The monoisotopic (exact) mass is 331 g/mol. The van der Waals surface area contributed by atoms with Gasteiger partial charge in [0.15, 0.2) is 0 Å². The SMILES string of the molecule is C=CCN1C(=O)NC(c2ccsc2)C2=C1CN(C(C)CC)C2=O. The van der Waals surface area contributed by atoms with Crippen LogP contribution in [0.3, 0.4) is 0 Å². The molecule has 2 unspecified atom stereocenters. The van der Waals surface area contributed by atoms with Gasteiger partial charge in [0.25, 0.3) is 5.91 Å². The van der Waals surface area contributed by atoms with Gasteiger partial charge in [-0.05, 0) is 35.7 Å². The van der Waals surface area contributed by atoms with Crippen LogP contribution in [0.4, 0.5) is 4.79 Å². The van der Waals surface area contributed by atoms with Crippen molar-refractivity contribution in [3.63, 3.8) is 0 Å². The van der Waals surface area contributed by atoms with Crippen molar-refractivity contribution in [3.05, 3.63) is 46.3 Å². The number of amides is 3. The number of thiophene rings is 1. The molecule has 0 aromatic carbocycles. The Labute approximate surface area is 140 Å². The number of nitrogens with one attached hydrogen (secondary N) is 1. The summed E-state index contributed by atoms with van der Waals surface area (Å²) in [6, 6.07) is 1.59. The van der Waals surface area contributed by atoms with Crippen molar-refractivity contribution in [1.82, 2.24) is 15.1 Å². The molecule has 122 valence electrons. The number of hydrogen-bond acceptors (Lipinski definition) is 3. The summed E-state index contributed by atoms with van der Waals surface area (Å²) >= 11 is 1.56. The molecule has 6 heteroatoms. The van der Waals surface area contributed by atoms with Crippen LogP contribution < -0.4 is 5.32 Å². The van der Waals surface area contributed by atoms with Crippen molar-refractivity contribution in [2.24, 2.45) is 0 Å². The predicted molar refractivity (Wildman–Crippen MR) is 91.0 cm³/mol. The summed E-state index contributed by atoms with van der Waals surface area (Å²) in [5.41, 5.74) is 2.48. The highest BCUT2D eigenvalue weighted by molar-refractivity contribution is 7.08. The molecule has 2 aliphatic heterocycles. The Morgan fingerprint density at radius 1 is 1.52 bits per heavy atom. The van der Waals surface area contributed by atoms with Crippen molar-refractivity contribution in [1.29, 1.82) is 0 Å². The quantitative estimate of drug-likeness (QED) is 0.844. The number of urea groups is 1. The van der Waals surface area contributed by atoms with E-state index in [-0.39, 0.29) is 24.0 Å². The highest BCUT2D eigenvalue weighted by Gasteiger charge is 2.44. The first-order valence-electron chi connectivity index (χ1n) is 7.83. The van der Waals surface area contributed by atoms with Crippen LogP contribution in [-0.2, 0) is 4.79 Å². The standard InChI is InChI=1S/C17H21N3O2S/c1-4-7-19-13-9-20(11(3)5-2)16(21)14(13)15(18-17(19)22)12-6-8-23-10-12/h4,6,8,10-11,15H,1,5,7,9H2,2-3H3,(H,18,22). The molecule has 2 aliphatic rings. The van der Waals surface area contributed by atoms with Crippen LogP contribution in [0.25, 0.3) is 0 Å². The average molecular weight is 331 g/mol. The molecule has 3 amide bonds. The molecule has 1 N–H and O–H groups in total. The van der Waals surface area contributed by atoms with Crippen LogP contribution >= 0.6 is 11.3 Å². The fourth-order valence-corrected chi connectivity index (χ4v) is 3.79. The Morgan fingerprint density at radius 2 is 2.30 bits per heavy atom. The molecule has 3 heterocycles. The smallest absolute Gasteiger partial charge is 0.322 e. The van der Waals surface area contributed by atoms with Gasteiger partial charge in [0.2, 0.25) is 0 Å². The van der Waals surface area contributed by atoms with Gasteiger partial charge in [-0.2, -0.15) is 11.3 Å². The van der Waals surface area contributed by atoms with Crippen molar-refractivity contribution in [3.8, 4) is 0 Å². The summed E-state index contributed by atoms with van der Waals surface area (Å²) < 4.78 is 0. The molecule has 0 bridgehead atoms. The number of rotatable bonds is 5. The van der Waals surface area contributed by atoms with Crippen molar-refractivity contribution in [2.45, 2.75) is 32.4 Å². The zero-order valence-electron chi connectivity index (χ0n) is 13.4. The Bertz CT molecular complexity index is 665. The van der Waals surface area contributed by atoms with E-state index in [0.29, 0.717) is 18.7 Å². The van der Waals surface area contributed by atoms with E-state index < -0.39 is 0 Å². The van der Waals surface area contributed by atoms with E-state index in [1.165, 1.54) is 0 Å². The highest BCUT2D eigenvalue weighted by Crippen LogP contribution is 2.37. The van der Waals surface area contributed by atoms with E-state index in [9.17, 15) is 9.59 Å². The van der Waals surface area contributed by atoms with Crippen LogP contribution in [0, 0.1) is 0 Å². The van der Waals surface area contributed by atoms with Crippen LogP contribution in [-0.4, -0.2) is 40.9 Å². The Kier molecular flexibility index (Phi) is 4.26.